The first kappa shape index (κ1) is 14.3. The maximum Gasteiger partial charge on any atom is 0.180 e. The molecule has 0 aliphatic rings. The van der Waals surface area contributed by atoms with E-state index in [1.165, 1.54) is 12.3 Å². The predicted octanol–water partition coefficient (Wildman–Crippen LogP) is 2.94. The third kappa shape index (κ3) is 2.79. The number of aromatic nitrogens is 5. The molecule has 118 valence electrons. The van der Waals surface area contributed by atoms with Crippen LogP contribution in [0.3, 0.4) is 0 Å². The molecule has 4 aromatic heterocycles. The van der Waals surface area contributed by atoms with Crippen LogP contribution in [0.2, 0.25) is 0 Å². The fraction of sp³-hybridized carbons (Fsp3) is 0.0588. The second-order valence-corrected chi connectivity index (χ2v) is 5.16. The lowest BCUT2D eigenvalue weighted by atomic mass is 10.3. The van der Waals surface area contributed by atoms with E-state index >= 15 is 0 Å². The van der Waals surface area contributed by atoms with Crippen molar-refractivity contribution in [3.05, 3.63) is 72.7 Å². The van der Waals surface area contributed by atoms with Crippen LogP contribution >= 0.6 is 0 Å². The molecule has 4 heterocycles. The molecule has 0 atom stereocenters. The number of anilines is 1. The molecule has 0 amide bonds. The molecule has 0 spiro atoms. The Morgan fingerprint density at radius 2 is 1.96 bits per heavy atom. The number of fused-ring (bicyclic) bond motifs is 1. The fourth-order valence-electron chi connectivity index (χ4n) is 2.38. The van der Waals surface area contributed by atoms with E-state index < -0.39 is 0 Å². The van der Waals surface area contributed by atoms with Gasteiger partial charge in [-0.05, 0) is 30.3 Å². The Bertz CT molecular complexity index is 983. The molecule has 1 N–H and O–H groups in total. The van der Waals surface area contributed by atoms with Gasteiger partial charge < -0.3 is 5.32 Å². The van der Waals surface area contributed by atoms with E-state index in [2.05, 4.69) is 25.3 Å². The van der Waals surface area contributed by atoms with Crippen molar-refractivity contribution in [2.45, 2.75) is 6.54 Å². The molecule has 0 bridgehead atoms. The second-order valence-electron chi connectivity index (χ2n) is 5.16. The van der Waals surface area contributed by atoms with Crippen LogP contribution < -0.4 is 5.32 Å². The smallest absolute Gasteiger partial charge is 0.180 e. The Morgan fingerprint density at radius 3 is 2.83 bits per heavy atom. The quantitative estimate of drug-likeness (QED) is 0.626. The zero-order valence-electron chi connectivity index (χ0n) is 12.6. The van der Waals surface area contributed by atoms with Crippen molar-refractivity contribution in [1.82, 2.24) is 24.3 Å². The van der Waals surface area contributed by atoms with Crippen LogP contribution in [0.25, 0.3) is 17.2 Å². The van der Waals surface area contributed by atoms with Gasteiger partial charge in [-0.25, -0.2) is 19.3 Å². The van der Waals surface area contributed by atoms with Gasteiger partial charge in [0, 0.05) is 18.6 Å². The van der Waals surface area contributed by atoms with Crippen LogP contribution in [0.1, 0.15) is 5.69 Å². The van der Waals surface area contributed by atoms with Gasteiger partial charge in [0.1, 0.15) is 23.0 Å². The molecular weight excluding hydrogens is 307 g/mol. The normalized spacial score (nSPS) is 10.9. The van der Waals surface area contributed by atoms with E-state index in [0.717, 1.165) is 5.69 Å². The fourth-order valence-corrected chi connectivity index (χ4v) is 2.38. The highest BCUT2D eigenvalue weighted by atomic mass is 19.1. The zero-order valence-corrected chi connectivity index (χ0v) is 12.6. The van der Waals surface area contributed by atoms with Crippen molar-refractivity contribution in [2.24, 2.45) is 0 Å². The number of nitrogens with one attached hydrogen (secondary N) is 1. The van der Waals surface area contributed by atoms with E-state index in [4.69, 9.17) is 0 Å². The van der Waals surface area contributed by atoms with Crippen molar-refractivity contribution in [3.8, 4) is 11.5 Å². The summed E-state index contributed by atoms with van der Waals surface area (Å²) in [5.41, 5.74) is 2.18. The lowest BCUT2D eigenvalue weighted by Gasteiger charge is -2.06. The zero-order chi connectivity index (χ0) is 16.4. The largest absolute Gasteiger partial charge is 0.364 e. The summed E-state index contributed by atoms with van der Waals surface area (Å²) in [4.78, 5) is 17.2. The van der Waals surface area contributed by atoms with Gasteiger partial charge in [0.2, 0.25) is 0 Å². The Kier molecular flexibility index (Phi) is 3.59. The molecule has 0 saturated carbocycles. The molecule has 0 aromatic carbocycles. The molecule has 0 radical (unpaired) electrons. The van der Waals surface area contributed by atoms with Gasteiger partial charge in [0.05, 0.1) is 18.4 Å². The van der Waals surface area contributed by atoms with Crippen LogP contribution in [-0.2, 0) is 6.54 Å². The predicted molar refractivity (Wildman–Crippen MR) is 87.7 cm³/mol. The number of hydrogen-bond acceptors (Lipinski definition) is 5. The summed E-state index contributed by atoms with van der Waals surface area (Å²) in [5.74, 6) is 0.794. The van der Waals surface area contributed by atoms with Crippen LogP contribution in [0, 0.1) is 5.82 Å². The van der Waals surface area contributed by atoms with Gasteiger partial charge in [-0.1, -0.05) is 6.07 Å². The Balaban J connectivity index is 1.63. The van der Waals surface area contributed by atoms with E-state index in [1.54, 1.807) is 35.1 Å². The van der Waals surface area contributed by atoms with Gasteiger partial charge in [-0.15, -0.1) is 0 Å². The van der Waals surface area contributed by atoms with Crippen molar-refractivity contribution in [3.63, 3.8) is 0 Å². The minimum atomic E-state index is -0.341. The monoisotopic (exact) mass is 320 g/mol. The first-order valence-electron chi connectivity index (χ1n) is 7.39. The number of imidazole rings is 1. The lowest BCUT2D eigenvalue weighted by Crippen LogP contribution is -2.04. The highest BCUT2D eigenvalue weighted by Crippen LogP contribution is 2.19. The molecule has 0 fully saturated rings. The summed E-state index contributed by atoms with van der Waals surface area (Å²) < 4.78 is 15.1. The van der Waals surface area contributed by atoms with Gasteiger partial charge in [0.15, 0.2) is 5.82 Å². The van der Waals surface area contributed by atoms with Crippen molar-refractivity contribution < 1.29 is 4.39 Å². The molecule has 4 rings (SSSR count). The van der Waals surface area contributed by atoms with E-state index in [1.807, 2.05) is 18.2 Å². The van der Waals surface area contributed by atoms with Gasteiger partial charge >= 0.3 is 0 Å². The van der Waals surface area contributed by atoms with Gasteiger partial charge in [-0.2, -0.15) is 0 Å². The molecule has 0 aliphatic heterocycles. The topological polar surface area (TPSA) is 68.0 Å². The number of halogens is 1. The van der Waals surface area contributed by atoms with Gasteiger partial charge in [-0.3, -0.25) is 9.38 Å². The highest BCUT2D eigenvalue weighted by Gasteiger charge is 2.10. The van der Waals surface area contributed by atoms with Crippen LogP contribution in [0.4, 0.5) is 10.2 Å². The summed E-state index contributed by atoms with van der Waals surface area (Å²) in [6.07, 6.45) is 6.40. The summed E-state index contributed by atoms with van der Waals surface area (Å²) >= 11 is 0. The summed E-state index contributed by atoms with van der Waals surface area (Å²) in [6.45, 7) is 0.555. The molecule has 0 saturated heterocycles. The van der Waals surface area contributed by atoms with Crippen LogP contribution in [0.5, 0.6) is 0 Å². The molecule has 0 aliphatic carbocycles. The number of hydrogen-bond donors (Lipinski definition) is 1. The Morgan fingerprint density at radius 1 is 1.00 bits per heavy atom. The maximum atomic E-state index is 13.5. The molecule has 0 unspecified atom stereocenters. The summed E-state index contributed by atoms with van der Waals surface area (Å²) in [7, 11) is 0. The Hall–Kier alpha value is -3.35. The second kappa shape index (κ2) is 6.04. The lowest BCUT2D eigenvalue weighted by molar-refractivity contribution is 0.619. The summed E-state index contributed by atoms with van der Waals surface area (Å²) in [5, 5.41) is 3.21. The molecule has 7 heteroatoms. The van der Waals surface area contributed by atoms with E-state index in [-0.39, 0.29) is 5.82 Å². The highest BCUT2D eigenvalue weighted by molar-refractivity contribution is 5.58. The molecular formula is C17H13FN6. The minimum absolute atomic E-state index is 0.341. The summed E-state index contributed by atoms with van der Waals surface area (Å²) in [6, 6.07) is 10.5. The SMILES string of the molecule is Fc1ccc2ncc(-c3nccc(NCc4ccccn4)n3)n2c1. The average molecular weight is 320 g/mol. The van der Waals surface area contributed by atoms with Crippen molar-refractivity contribution >= 4 is 11.5 Å². The number of rotatable bonds is 4. The van der Waals surface area contributed by atoms with Gasteiger partial charge in [0.25, 0.3) is 0 Å². The first-order valence-corrected chi connectivity index (χ1v) is 7.39. The third-order valence-electron chi connectivity index (χ3n) is 3.53. The van der Waals surface area contributed by atoms with Crippen molar-refractivity contribution in [2.75, 3.05) is 5.32 Å². The van der Waals surface area contributed by atoms with Crippen molar-refractivity contribution in [1.29, 1.82) is 0 Å². The molecule has 6 nitrogen and oxygen atoms in total. The van der Waals surface area contributed by atoms with Crippen LogP contribution in [0.15, 0.2) is 61.2 Å². The minimum Gasteiger partial charge on any atom is -0.364 e. The molecule has 4 aromatic rings. The standard InChI is InChI=1S/C17H13FN6/c18-12-4-5-16-22-10-14(24(16)11-12)17-20-8-6-15(23-17)21-9-13-3-1-2-7-19-13/h1-8,10-11H,9H2,(H,20,21,23). The first-order chi connectivity index (χ1) is 11.8. The number of nitrogens with zero attached hydrogens (tertiary/aromatic N) is 5. The van der Waals surface area contributed by atoms with Crippen LogP contribution in [-0.4, -0.2) is 24.3 Å². The maximum absolute atomic E-state index is 13.5. The average Bonchev–Trinajstić information content (AvgIpc) is 3.04. The third-order valence-corrected chi connectivity index (χ3v) is 3.53. The van der Waals surface area contributed by atoms with E-state index in [0.29, 0.717) is 29.5 Å². The Labute approximate surface area is 137 Å². The van der Waals surface area contributed by atoms with E-state index in [9.17, 15) is 4.39 Å². The molecule has 24 heavy (non-hydrogen) atoms. The number of pyridine rings is 2.